The highest BCUT2D eigenvalue weighted by Crippen LogP contribution is 2.17. The molecule has 0 saturated carbocycles. The van der Waals surface area contributed by atoms with Crippen molar-refractivity contribution >= 4 is 29.0 Å². The summed E-state index contributed by atoms with van der Waals surface area (Å²) in [6.07, 6.45) is 44.8. The van der Waals surface area contributed by atoms with Crippen LogP contribution in [0.5, 0.6) is 0 Å². The summed E-state index contributed by atoms with van der Waals surface area (Å²) in [5.74, 6) is 2.65. The number of nitrogens with one attached hydrogen (secondary N) is 2. The largest absolute Gasteiger partial charge is 0.361 e. The summed E-state index contributed by atoms with van der Waals surface area (Å²) in [6, 6.07) is 0. The molecule has 0 aromatic carbocycles. The van der Waals surface area contributed by atoms with E-state index in [1.54, 1.807) is 0 Å². The zero-order valence-corrected chi connectivity index (χ0v) is 35.8. The molecule has 304 valence electrons. The Hall–Kier alpha value is -1.37. The van der Waals surface area contributed by atoms with E-state index in [9.17, 15) is 0 Å². The number of rotatable bonds is 38. The Kier molecular flexibility index (Phi) is 31.8. The summed E-state index contributed by atoms with van der Waals surface area (Å²) in [4.78, 5) is 14.6. The lowest BCUT2D eigenvalue weighted by Gasteiger charge is -2.22. The van der Waals surface area contributed by atoms with E-state index in [2.05, 4.69) is 34.3 Å². The van der Waals surface area contributed by atoms with Crippen LogP contribution in [-0.2, 0) is 0 Å². The molecule has 0 amide bonds. The van der Waals surface area contributed by atoms with Gasteiger partial charge in [-0.1, -0.05) is 194 Å². The summed E-state index contributed by atoms with van der Waals surface area (Å²) < 4.78 is 0. The smallest absolute Gasteiger partial charge is 0.166 e. The fourth-order valence-electron chi connectivity index (χ4n) is 7.99. The monoisotopic (exact) mass is 745 g/mol. The second-order valence-electron chi connectivity index (χ2n) is 16.2. The van der Waals surface area contributed by atoms with E-state index in [1.165, 1.54) is 204 Å². The molecule has 0 aliphatic carbocycles. The Morgan fingerprint density at radius 3 is 1.00 bits per heavy atom. The molecule has 0 radical (unpaired) electrons. The van der Waals surface area contributed by atoms with E-state index in [4.69, 9.17) is 22.2 Å². The van der Waals surface area contributed by atoms with Gasteiger partial charge in [-0.05, 0) is 25.1 Å². The van der Waals surface area contributed by atoms with E-state index in [0.29, 0.717) is 0 Å². The summed E-state index contributed by atoms with van der Waals surface area (Å²) in [5.41, 5.74) is 0. The minimum Gasteiger partial charge on any atom is -0.361 e. The van der Waals surface area contributed by atoms with E-state index in [1.807, 2.05) is 0 Å². The van der Waals surface area contributed by atoms with Gasteiger partial charge in [0.2, 0.25) is 0 Å². The lowest BCUT2D eigenvalue weighted by molar-refractivity contribution is 0.441. The lowest BCUT2D eigenvalue weighted by atomic mass is 10.0. The van der Waals surface area contributed by atoms with Crippen molar-refractivity contribution in [2.24, 2.45) is 9.98 Å². The first-order valence-corrected chi connectivity index (χ1v) is 23.7. The molecule has 52 heavy (non-hydrogen) atoms. The van der Waals surface area contributed by atoms with Gasteiger partial charge in [-0.2, -0.15) is 0 Å². The maximum atomic E-state index is 5.62. The fraction of sp³-hybridized carbons (Fsp3) is 0.933. The number of hydrogen-bond donors (Lipinski definition) is 2. The van der Waals surface area contributed by atoms with Gasteiger partial charge in [0.15, 0.2) is 5.11 Å². The molecular formula is C45H88N6S. The van der Waals surface area contributed by atoms with Crippen molar-refractivity contribution in [2.45, 2.75) is 219 Å². The lowest BCUT2D eigenvalue weighted by Crippen LogP contribution is -2.43. The second-order valence-corrected chi connectivity index (χ2v) is 16.6. The second kappa shape index (κ2) is 35.3. The molecule has 0 aromatic heterocycles. The molecule has 0 spiro atoms. The first kappa shape index (κ1) is 46.8. The van der Waals surface area contributed by atoms with Gasteiger partial charge in [0.1, 0.15) is 0 Å². The highest BCUT2D eigenvalue weighted by Gasteiger charge is 2.17. The summed E-state index contributed by atoms with van der Waals surface area (Å²) in [6.45, 7) is 12.4. The average molecular weight is 745 g/mol. The normalized spacial score (nSPS) is 14.3. The van der Waals surface area contributed by atoms with Crippen molar-refractivity contribution in [3.8, 4) is 0 Å². The summed E-state index contributed by atoms with van der Waals surface area (Å²) in [5, 5.41) is 7.67. The fourth-order valence-corrected chi connectivity index (χ4v) is 8.20. The molecule has 2 N–H and O–H groups in total. The Balaban J connectivity index is 1.36. The van der Waals surface area contributed by atoms with Crippen LogP contribution in [0.25, 0.3) is 0 Å². The summed E-state index contributed by atoms with van der Waals surface area (Å²) >= 11 is 5.62. The molecule has 0 fully saturated rings. The van der Waals surface area contributed by atoms with Gasteiger partial charge < -0.3 is 20.4 Å². The predicted octanol–water partition coefficient (Wildman–Crippen LogP) is 12.4. The highest BCUT2D eigenvalue weighted by molar-refractivity contribution is 7.80. The molecule has 2 heterocycles. The molecule has 2 aliphatic rings. The minimum atomic E-state index is 0.778. The third kappa shape index (κ3) is 26.4. The highest BCUT2D eigenvalue weighted by atomic mass is 32.1. The van der Waals surface area contributed by atoms with Crippen LogP contribution in [0.3, 0.4) is 0 Å². The third-order valence-corrected chi connectivity index (χ3v) is 11.7. The molecule has 2 rings (SSSR count). The van der Waals surface area contributed by atoms with Crippen LogP contribution in [0.2, 0.25) is 0 Å². The van der Waals surface area contributed by atoms with Crippen molar-refractivity contribution in [1.29, 1.82) is 0 Å². The zero-order chi connectivity index (χ0) is 37.0. The molecule has 0 aromatic rings. The number of amidine groups is 2. The number of unbranched alkanes of at least 4 members (excludes halogenated alkanes) is 28. The molecule has 0 atom stereocenters. The molecule has 0 saturated heterocycles. The Bertz CT molecular complexity index is 808. The number of hydrogen-bond acceptors (Lipinski definition) is 5. The third-order valence-electron chi connectivity index (χ3n) is 11.4. The van der Waals surface area contributed by atoms with E-state index >= 15 is 0 Å². The molecule has 0 bridgehead atoms. The Morgan fingerprint density at radius 2 is 0.712 bits per heavy atom. The maximum Gasteiger partial charge on any atom is 0.166 e. The molecule has 0 unspecified atom stereocenters. The van der Waals surface area contributed by atoms with Crippen LogP contribution in [0.1, 0.15) is 219 Å². The molecular weight excluding hydrogens is 657 g/mol. The first-order chi connectivity index (χ1) is 25.7. The van der Waals surface area contributed by atoms with Crippen LogP contribution < -0.4 is 10.6 Å². The number of thiocarbonyl (C=S) groups is 1. The van der Waals surface area contributed by atoms with Gasteiger partial charge in [0, 0.05) is 52.1 Å². The van der Waals surface area contributed by atoms with Crippen molar-refractivity contribution in [3.63, 3.8) is 0 Å². The van der Waals surface area contributed by atoms with Crippen LogP contribution in [0, 0.1) is 0 Å². The quantitative estimate of drug-likeness (QED) is 0.0487. The van der Waals surface area contributed by atoms with Gasteiger partial charge in [-0.25, -0.2) is 0 Å². The van der Waals surface area contributed by atoms with E-state index in [0.717, 1.165) is 70.3 Å². The van der Waals surface area contributed by atoms with Crippen molar-refractivity contribution in [3.05, 3.63) is 0 Å². The average Bonchev–Trinajstić information content (AvgIpc) is 3.80. The Labute approximate surface area is 330 Å². The van der Waals surface area contributed by atoms with E-state index in [-0.39, 0.29) is 0 Å². The van der Waals surface area contributed by atoms with Gasteiger partial charge in [0.25, 0.3) is 0 Å². The number of aliphatic imine (C=N–C) groups is 2. The van der Waals surface area contributed by atoms with Crippen molar-refractivity contribution < 1.29 is 0 Å². The predicted molar refractivity (Wildman–Crippen MR) is 235 cm³/mol. The van der Waals surface area contributed by atoms with Crippen molar-refractivity contribution in [2.75, 3.05) is 52.4 Å². The zero-order valence-electron chi connectivity index (χ0n) is 35.0. The van der Waals surface area contributed by atoms with Gasteiger partial charge in [-0.3, -0.25) is 9.98 Å². The summed E-state index contributed by atoms with van der Waals surface area (Å²) in [7, 11) is 0. The Morgan fingerprint density at radius 1 is 0.442 bits per heavy atom. The minimum absolute atomic E-state index is 0.778. The molecule has 7 heteroatoms. The van der Waals surface area contributed by atoms with Crippen LogP contribution in [0.15, 0.2) is 9.98 Å². The topological polar surface area (TPSA) is 55.3 Å². The van der Waals surface area contributed by atoms with E-state index < -0.39 is 0 Å². The van der Waals surface area contributed by atoms with Gasteiger partial charge >= 0.3 is 0 Å². The van der Waals surface area contributed by atoms with Crippen LogP contribution >= 0.6 is 12.2 Å². The van der Waals surface area contributed by atoms with Crippen LogP contribution in [0.4, 0.5) is 0 Å². The van der Waals surface area contributed by atoms with Gasteiger partial charge in [-0.15, -0.1) is 0 Å². The molecule has 6 nitrogen and oxygen atoms in total. The standard InChI is InChI=1S/C45H88N6S/c1-3-5-7-9-11-13-15-17-19-21-23-25-27-29-31-33-43-46-35-39-50(43)41-37-48-45(52)49-38-42-51-40-36-47-44(51)34-32-30-28-26-24-22-20-18-16-14-12-10-8-6-4-2/h3-42H2,1-2H3,(H2,48,49,52). The maximum absolute atomic E-state index is 5.62. The van der Waals surface area contributed by atoms with Crippen molar-refractivity contribution in [1.82, 2.24) is 20.4 Å². The van der Waals surface area contributed by atoms with Crippen LogP contribution in [-0.4, -0.2) is 78.9 Å². The van der Waals surface area contributed by atoms with Gasteiger partial charge in [0.05, 0.1) is 24.8 Å². The first-order valence-electron chi connectivity index (χ1n) is 23.3. The molecule has 2 aliphatic heterocycles. The number of nitrogens with zero attached hydrogens (tertiary/aromatic N) is 4. The SMILES string of the molecule is CCCCCCCCCCCCCCCCCC1=NCCN1CCNC(=S)NCCN1CCN=C1CCCCCCCCCCCCCCCCC.